The topological polar surface area (TPSA) is 68.6 Å². The van der Waals surface area contributed by atoms with E-state index in [1.54, 1.807) is 19.3 Å². The van der Waals surface area contributed by atoms with Gasteiger partial charge in [-0.25, -0.2) is 0 Å². The molecule has 5 heteroatoms. The molecule has 0 atom stereocenters. The van der Waals surface area contributed by atoms with E-state index in [2.05, 4.69) is 10.5 Å². The molecule has 0 saturated carbocycles. The molecule has 0 aliphatic heterocycles. The van der Waals surface area contributed by atoms with Gasteiger partial charge in [0.1, 0.15) is 0 Å². The maximum atomic E-state index is 10.3. The minimum atomic E-state index is -0.0693. The van der Waals surface area contributed by atoms with Gasteiger partial charge in [-0.2, -0.15) is 5.53 Å². The zero-order valence-electron chi connectivity index (χ0n) is 6.66. The molecule has 62 valence electrons. The molecule has 0 aliphatic carbocycles. The summed E-state index contributed by atoms with van der Waals surface area (Å²) in [5.41, 5.74) is 6.54. The van der Waals surface area contributed by atoms with Gasteiger partial charge in [0, 0.05) is 26.7 Å². The van der Waals surface area contributed by atoms with Crippen molar-refractivity contribution < 1.29 is 4.79 Å². The van der Waals surface area contributed by atoms with Crippen molar-refractivity contribution in [1.29, 1.82) is 5.53 Å². The van der Waals surface area contributed by atoms with Crippen LogP contribution in [0.25, 0.3) is 0 Å². The smallest absolute Gasteiger partial charge is 0.217 e. The first-order chi connectivity index (χ1) is 5.16. The normalized spacial score (nSPS) is 9.64. The lowest BCUT2D eigenvalue weighted by Crippen LogP contribution is -2.19. The van der Waals surface area contributed by atoms with Crippen LogP contribution < -0.4 is 5.32 Å². The molecule has 0 radical (unpaired) electrons. The fourth-order valence-electron chi connectivity index (χ4n) is 0.441. The average molecular weight is 156 g/mol. The van der Waals surface area contributed by atoms with Gasteiger partial charge in [0.25, 0.3) is 0 Å². The summed E-state index contributed by atoms with van der Waals surface area (Å²) in [5.74, 6) is -0.0693. The average Bonchev–Trinajstić information content (AvgIpc) is 1.97. The first-order valence-electron chi connectivity index (χ1n) is 3.18. The Hall–Kier alpha value is -1.39. The Morgan fingerprint density at radius 2 is 2.45 bits per heavy atom. The van der Waals surface area contributed by atoms with Crippen LogP contribution in [0, 0.1) is 5.53 Å². The second-order valence-electron chi connectivity index (χ2n) is 2.00. The Balaban J connectivity index is 3.44. The number of hydrogen-bond donors (Lipinski definition) is 2. The van der Waals surface area contributed by atoms with Gasteiger partial charge in [0.05, 0.1) is 0 Å². The lowest BCUT2D eigenvalue weighted by Gasteiger charge is -2.01. The van der Waals surface area contributed by atoms with Gasteiger partial charge in [-0.1, -0.05) is 5.22 Å². The second-order valence-corrected chi connectivity index (χ2v) is 2.00. The van der Waals surface area contributed by atoms with Crippen LogP contribution in [0.2, 0.25) is 0 Å². The molecule has 11 heavy (non-hydrogen) atoms. The van der Waals surface area contributed by atoms with Crippen LogP contribution >= 0.6 is 0 Å². The van der Waals surface area contributed by atoms with Crippen molar-refractivity contribution >= 4 is 5.91 Å². The molecule has 0 saturated heterocycles. The van der Waals surface area contributed by atoms with Crippen molar-refractivity contribution in [2.75, 3.05) is 13.6 Å². The van der Waals surface area contributed by atoms with Gasteiger partial charge < -0.3 is 5.32 Å². The van der Waals surface area contributed by atoms with Crippen LogP contribution in [0.15, 0.2) is 17.5 Å². The third-order valence-electron chi connectivity index (χ3n) is 0.948. The zero-order chi connectivity index (χ0) is 8.69. The second kappa shape index (κ2) is 5.40. The summed E-state index contributed by atoms with van der Waals surface area (Å²) >= 11 is 0. The summed E-state index contributed by atoms with van der Waals surface area (Å²) in [4.78, 5) is 10.3. The maximum absolute atomic E-state index is 10.3. The highest BCUT2D eigenvalue weighted by molar-refractivity contribution is 5.72. The first-order valence-corrected chi connectivity index (χ1v) is 3.18. The number of amides is 1. The molecular formula is C6H12N4O. The van der Waals surface area contributed by atoms with Crippen molar-refractivity contribution in [1.82, 2.24) is 10.3 Å². The first kappa shape index (κ1) is 9.61. The van der Waals surface area contributed by atoms with Crippen LogP contribution in [-0.4, -0.2) is 24.5 Å². The van der Waals surface area contributed by atoms with Gasteiger partial charge in [0.15, 0.2) is 0 Å². The lowest BCUT2D eigenvalue weighted by molar-refractivity contribution is -0.118. The van der Waals surface area contributed by atoms with Crippen LogP contribution in [-0.2, 0) is 4.79 Å². The zero-order valence-corrected chi connectivity index (χ0v) is 6.66. The van der Waals surface area contributed by atoms with Crippen molar-refractivity contribution in [3.05, 3.63) is 12.3 Å². The highest BCUT2D eigenvalue weighted by Gasteiger charge is 1.85. The van der Waals surface area contributed by atoms with E-state index < -0.39 is 0 Å². The number of carbonyl (C=O) groups is 1. The van der Waals surface area contributed by atoms with Crippen LogP contribution in [0.1, 0.15) is 6.92 Å². The molecule has 0 bridgehead atoms. The highest BCUT2D eigenvalue weighted by atomic mass is 16.1. The molecule has 0 spiro atoms. The van der Waals surface area contributed by atoms with E-state index >= 15 is 0 Å². The monoisotopic (exact) mass is 156 g/mol. The van der Waals surface area contributed by atoms with Crippen LogP contribution in [0.4, 0.5) is 0 Å². The van der Waals surface area contributed by atoms with E-state index in [-0.39, 0.29) is 5.91 Å². The highest BCUT2D eigenvalue weighted by Crippen LogP contribution is 1.82. The molecule has 0 fully saturated rings. The van der Waals surface area contributed by atoms with E-state index in [1.165, 1.54) is 11.9 Å². The quantitative estimate of drug-likeness (QED) is 0.460. The molecule has 0 aromatic heterocycles. The number of carbonyl (C=O) groups excluding carboxylic acids is 1. The van der Waals surface area contributed by atoms with E-state index in [1.807, 2.05) is 0 Å². The van der Waals surface area contributed by atoms with Gasteiger partial charge >= 0.3 is 0 Å². The molecule has 0 rings (SSSR count). The summed E-state index contributed by atoms with van der Waals surface area (Å²) in [6, 6.07) is 0. The van der Waals surface area contributed by atoms with Crippen molar-refractivity contribution in [2.24, 2.45) is 5.22 Å². The molecular weight excluding hydrogens is 144 g/mol. The predicted octanol–water partition coefficient (Wildman–Crippen LogP) is 0.514. The minimum Gasteiger partial charge on any atom is -0.353 e. The Morgan fingerprint density at radius 1 is 1.82 bits per heavy atom. The molecule has 0 aromatic rings. The molecule has 0 heterocycles. The summed E-state index contributed by atoms with van der Waals surface area (Å²) in [7, 11) is 1.64. The lowest BCUT2D eigenvalue weighted by atomic mass is 10.5. The Kier molecular flexibility index (Phi) is 4.72. The standard InChI is InChI=1S/C6H12N4O/c1-6(11)8-4-3-5-10(2)9-7/h3,5,7H,4H2,1-2H3,(H,8,11)/b5-3+,9-7?. The molecule has 1 amide bonds. The van der Waals surface area contributed by atoms with Crippen LogP contribution in [0.5, 0.6) is 0 Å². The Bertz CT molecular complexity index is 166. The van der Waals surface area contributed by atoms with E-state index in [4.69, 9.17) is 5.53 Å². The molecule has 0 unspecified atom stereocenters. The third-order valence-corrected chi connectivity index (χ3v) is 0.948. The Labute approximate surface area is 65.6 Å². The van der Waals surface area contributed by atoms with Gasteiger partial charge in [-0.3, -0.25) is 9.80 Å². The number of hydrogen-bond acceptors (Lipinski definition) is 3. The van der Waals surface area contributed by atoms with Gasteiger partial charge in [-0.05, 0) is 6.08 Å². The van der Waals surface area contributed by atoms with E-state index in [0.29, 0.717) is 6.54 Å². The molecule has 0 aliphatic rings. The third kappa shape index (κ3) is 6.50. The fraction of sp³-hybridized carbons (Fsp3) is 0.500. The van der Waals surface area contributed by atoms with Gasteiger partial charge in [-0.15, -0.1) is 0 Å². The summed E-state index contributed by atoms with van der Waals surface area (Å²) < 4.78 is 0. The maximum Gasteiger partial charge on any atom is 0.217 e. The largest absolute Gasteiger partial charge is 0.353 e. The SMILES string of the molecule is CC(=O)NC/C=C/N(C)N=N. The summed E-state index contributed by atoms with van der Waals surface area (Å²) in [6.07, 6.45) is 3.31. The minimum absolute atomic E-state index is 0.0693. The molecule has 2 N–H and O–H groups in total. The Morgan fingerprint density at radius 3 is 2.91 bits per heavy atom. The molecule has 0 aromatic carbocycles. The summed E-state index contributed by atoms with van der Waals surface area (Å²) in [6.45, 7) is 1.92. The number of rotatable bonds is 4. The van der Waals surface area contributed by atoms with Crippen molar-refractivity contribution in [3.63, 3.8) is 0 Å². The number of nitrogens with zero attached hydrogens (tertiary/aromatic N) is 2. The van der Waals surface area contributed by atoms with Crippen molar-refractivity contribution in [2.45, 2.75) is 6.92 Å². The van der Waals surface area contributed by atoms with E-state index in [9.17, 15) is 4.79 Å². The number of nitrogens with one attached hydrogen (secondary N) is 2. The van der Waals surface area contributed by atoms with E-state index in [0.717, 1.165) is 0 Å². The van der Waals surface area contributed by atoms with Crippen molar-refractivity contribution in [3.8, 4) is 0 Å². The fourth-order valence-corrected chi connectivity index (χ4v) is 0.441. The molecule has 5 nitrogen and oxygen atoms in total. The van der Waals surface area contributed by atoms with Gasteiger partial charge in [0.2, 0.25) is 5.91 Å². The predicted molar refractivity (Wildman–Crippen MR) is 40.7 cm³/mol. The summed E-state index contributed by atoms with van der Waals surface area (Å²) in [5, 5.41) is 6.99. The van der Waals surface area contributed by atoms with Crippen LogP contribution in [0.3, 0.4) is 0 Å².